The van der Waals surface area contributed by atoms with Gasteiger partial charge in [0, 0.05) is 12.5 Å². The maximum atomic E-state index is 12.1. The van der Waals surface area contributed by atoms with Crippen LogP contribution in [0, 0.1) is 0 Å². The van der Waals surface area contributed by atoms with E-state index in [1.54, 1.807) is 48.6 Å². The molecule has 0 aromatic heterocycles. The number of carbonyl (C=O) groups excluding carboxylic acids is 1. The first-order chi connectivity index (χ1) is 19.2. The standard InChI is InChI=1S/C30H46O10/c1-21-13-7-3-2-4-8-14-22(32)19-23(33)15-9-5-10-16-24(17-11-6-12-18-26(34)38-21)39-30-29(37)28(36)27(35)25(20-31)40-30/h5-6,8-12,14,16,18,21-25,27-33,35-37H,2-4,7,13,15,17,19-20H2,1H3/b9-5-,11-6+,14-8+,16-10+,18-12-/t21-,22+,23+,24-,25+,27+,28-,29+,30-/m1/s1. The van der Waals surface area contributed by atoms with Crippen molar-refractivity contribution in [1.82, 2.24) is 0 Å². The van der Waals surface area contributed by atoms with Crippen molar-refractivity contribution in [2.24, 2.45) is 0 Å². The molecule has 0 amide bonds. The molecule has 0 unspecified atom stereocenters. The summed E-state index contributed by atoms with van der Waals surface area (Å²) in [6.07, 6.45) is 12.8. The second kappa shape index (κ2) is 19.1. The first kappa shape index (κ1) is 34.1. The lowest BCUT2D eigenvalue weighted by Gasteiger charge is -2.40. The van der Waals surface area contributed by atoms with Crippen LogP contribution >= 0.6 is 0 Å². The zero-order valence-corrected chi connectivity index (χ0v) is 23.1. The first-order valence-corrected chi connectivity index (χ1v) is 14.1. The number of rotatable bonds is 3. The molecule has 0 saturated carbocycles. The molecular formula is C30H46O10. The van der Waals surface area contributed by atoms with Crippen molar-refractivity contribution in [3.8, 4) is 0 Å². The molecule has 10 nitrogen and oxygen atoms in total. The van der Waals surface area contributed by atoms with E-state index in [1.807, 2.05) is 13.0 Å². The molecule has 10 heteroatoms. The summed E-state index contributed by atoms with van der Waals surface area (Å²) in [4.78, 5) is 12.1. The Bertz CT molecular complexity index is 865. The van der Waals surface area contributed by atoms with Gasteiger partial charge in [-0.2, -0.15) is 0 Å². The average Bonchev–Trinajstić information content (AvgIpc) is 2.91. The Morgan fingerprint density at radius 2 is 1.62 bits per heavy atom. The normalized spacial score (nSPS) is 40.2. The Morgan fingerprint density at radius 3 is 2.40 bits per heavy atom. The molecule has 2 aliphatic rings. The number of esters is 1. The van der Waals surface area contributed by atoms with Crippen molar-refractivity contribution in [1.29, 1.82) is 0 Å². The molecule has 0 radical (unpaired) electrons. The molecule has 2 heterocycles. The van der Waals surface area contributed by atoms with Gasteiger partial charge in [0.1, 0.15) is 24.4 Å². The summed E-state index contributed by atoms with van der Waals surface area (Å²) >= 11 is 0. The molecule has 2 rings (SSSR count). The maximum Gasteiger partial charge on any atom is 0.331 e. The van der Waals surface area contributed by atoms with Crippen LogP contribution < -0.4 is 0 Å². The molecule has 0 bridgehead atoms. The maximum absolute atomic E-state index is 12.1. The van der Waals surface area contributed by atoms with Crippen molar-refractivity contribution in [2.45, 2.75) is 113 Å². The molecule has 0 aliphatic carbocycles. The number of ether oxygens (including phenoxy) is 3. The summed E-state index contributed by atoms with van der Waals surface area (Å²) in [5, 5.41) is 60.2. The predicted molar refractivity (Wildman–Crippen MR) is 149 cm³/mol. The zero-order chi connectivity index (χ0) is 29.3. The highest BCUT2D eigenvalue weighted by molar-refractivity contribution is 5.82. The van der Waals surface area contributed by atoms with E-state index in [0.29, 0.717) is 12.8 Å². The molecule has 1 fully saturated rings. The number of cyclic esters (lactones) is 1. The molecule has 0 aromatic rings. The molecule has 0 spiro atoms. The van der Waals surface area contributed by atoms with Crippen molar-refractivity contribution >= 4 is 5.97 Å². The van der Waals surface area contributed by atoms with Gasteiger partial charge in [-0.25, -0.2) is 4.79 Å². The SMILES string of the molecule is C[C@@H]1CCCCC/C=C/[C@H](O)C[C@@H](O)C/C=C\C=C\[C@@H](O[C@@H]2O[C@@H](CO)[C@H](O)[C@@H](O)[C@@H]2O)C/C=C/C=C\C(=O)O1. The Labute approximate surface area is 236 Å². The average molecular weight is 567 g/mol. The van der Waals surface area contributed by atoms with Crippen molar-refractivity contribution in [2.75, 3.05) is 6.61 Å². The van der Waals surface area contributed by atoms with Crippen molar-refractivity contribution in [3.63, 3.8) is 0 Å². The summed E-state index contributed by atoms with van der Waals surface area (Å²) < 4.78 is 16.7. The molecule has 1 saturated heterocycles. The number of aliphatic hydroxyl groups is 6. The van der Waals surface area contributed by atoms with Crippen LogP contribution in [-0.2, 0) is 19.0 Å². The molecule has 2 aliphatic heterocycles. The lowest BCUT2D eigenvalue weighted by molar-refractivity contribution is -0.307. The first-order valence-electron chi connectivity index (χ1n) is 14.1. The van der Waals surface area contributed by atoms with Gasteiger partial charge in [-0.05, 0) is 45.4 Å². The smallest absolute Gasteiger partial charge is 0.331 e. The summed E-state index contributed by atoms with van der Waals surface area (Å²) in [6.45, 7) is 1.29. The van der Waals surface area contributed by atoms with E-state index in [9.17, 15) is 35.4 Å². The highest BCUT2D eigenvalue weighted by atomic mass is 16.7. The van der Waals surface area contributed by atoms with E-state index in [4.69, 9.17) is 14.2 Å². The molecule has 226 valence electrons. The van der Waals surface area contributed by atoms with E-state index < -0.39 is 61.6 Å². The minimum Gasteiger partial charge on any atom is -0.460 e. The van der Waals surface area contributed by atoms with Crippen molar-refractivity contribution < 1.29 is 49.6 Å². The van der Waals surface area contributed by atoms with Crippen molar-refractivity contribution in [3.05, 3.63) is 60.8 Å². The highest BCUT2D eigenvalue weighted by Gasteiger charge is 2.44. The number of carbonyl (C=O) groups is 1. The minimum absolute atomic E-state index is 0.208. The van der Waals surface area contributed by atoms with Gasteiger partial charge >= 0.3 is 5.97 Å². The minimum atomic E-state index is -1.56. The van der Waals surface area contributed by atoms with E-state index in [1.165, 1.54) is 6.08 Å². The number of allylic oxidation sites excluding steroid dienone is 5. The van der Waals surface area contributed by atoms with Crippen LogP contribution in [0.15, 0.2) is 60.8 Å². The van der Waals surface area contributed by atoms with Crippen LogP contribution in [0.3, 0.4) is 0 Å². The van der Waals surface area contributed by atoms with Crippen LogP contribution in [-0.4, -0.2) is 98.3 Å². The number of aliphatic hydroxyl groups excluding tert-OH is 6. The molecule has 9 atom stereocenters. The van der Waals surface area contributed by atoms with Crippen LogP contribution in [0.1, 0.15) is 58.3 Å². The second-order valence-electron chi connectivity index (χ2n) is 10.2. The fourth-order valence-corrected chi connectivity index (χ4v) is 4.33. The fourth-order valence-electron chi connectivity index (χ4n) is 4.33. The summed E-state index contributed by atoms with van der Waals surface area (Å²) in [5.74, 6) is -0.440. The number of hydrogen-bond acceptors (Lipinski definition) is 10. The van der Waals surface area contributed by atoms with E-state index in [2.05, 4.69) is 0 Å². The van der Waals surface area contributed by atoms with Crippen LogP contribution in [0.5, 0.6) is 0 Å². The van der Waals surface area contributed by atoms with E-state index >= 15 is 0 Å². The van der Waals surface area contributed by atoms with Gasteiger partial charge in [-0.15, -0.1) is 0 Å². The quantitative estimate of drug-likeness (QED) is 0.219. The molecule has 0 aromatic carbocycles. The van der Waals surface area contributed by atoms with Gasteiger partial charge in [-0.1, -0.05) is 61.1 Å². The van der Waals surface area contributed by atoms with E-state index in [-0.39, 0.29) is 12.5 Å². The highest BCUT2D eigenvalue weighted by Crippen LogP contribution is 2.24. The third-order valence-corrected chi connectivity index (χ3v) is 6.66. The third-order valence-electron chi connectivity index (χ3n) is 6.66. The van der Waals surface area contributed by atoms with E-state index in [0.717, 1.165) is 32.1 Å². The largest absolute Gasteiger partial charge is 0.460 e. The molecular weight excluding hydrogens is 520 g/mol. The summed E-state index contributed by atoms with van der Waals surface area (Å²) in [5.41, 5.74) is 0. The van der Waals surface area contributed by atoms with Gasteiger partial charge in [-0.3, -0.25) is 0 Å². The predicted octanol–water partition coefficient (Wildman–Crippen LogP) is 1.74. The molecule has 6 N–H and O–H groups in total. The van der Waals surface area contributed by atoms with Crippen LogP contribution in [0.25, 0.3) is 0 Å². The summed E-state index contributed by atoms with van der Waals surface area (Å²) in [6, 6.07) is 0. The topological polar surface area (TPSA) is 166 Å². The fraction of sp³-hybridized carbons (Fsp3) is 0.633. The zero-order valence-electron chi connectivity index (χ0n) is 23.1. The van der Waals surface area contributed by atoms with Gasteiger partial charge in [0.15, 0.2) is 6.29 Å². The van der Waals surface area contributed by atoms with Crippen LogP contribution in [0.2, 0.25) is 0 Å². The third kappa shape index (κ3) is 13.0. The Morgan fingerprint density at radius 1 is 0.875 bits per heavy atom. The van der Waals surface area contributed by atoms with Gasteiger partial charge < -0.3 is 44.8 Å². The molecule has 40 heavy (non-hydrogen) atoms. The Hall–Kier alpha value is -2.15. The Kier molecular flexibility index (Phi) is 16.2. The van der Waals surface area contributed by atoms with Gasteiger partial charge in [0.05, 0.1) is 31.0 Å². The van der Waals surface area contributed by atoms with Crippen LogP contribution in [0.4, 0.5) is 0 Å². The second-order valence-corrected chi connectivity index (χ2v) is 10.2. The van der Waals surface area contributed by atoms with Gasteiger partial charge in [0.25, 0.3) is 0 Å². The lowest BCUT2D eigenvalue weighted by Crippen LogP contribution is -2.59. The summed E-state index contributed by atoms with van der Waals surface area (Å²) in [7, 11) is 0. The monoisotopic (exact) mass is 566 g/mol. The van der Waals surface area contributed by atoms with Gasteiger partial charge in [0.2, 0.25) is 0 Å². The lowest BCUT2D eigenvalue weighted by atomic mass is 9.99. The number of hydrogen-bond donors (Lipinski definition) is 6. The Balaban J connectivity index is 2.10.